The third-order valence-corrected chi connectivity index (χ3v) is 4.96. The lowest BCUT2D eigenvalue weighted by atomic mass is 9.92. The Morgan fingerprint density at radius 2 is 1.80 bits per heavy atom. The minimum absolute atomic E-state index is 0.0139. The van der Waals surface area contributed by atoms with E-state index in [9.17, 15) is 18.3 Å². The number of benzene rings is 2. The summed E-state index contributed by atoms with van der Waals surface area (Å²) in [7, 11) is 0. The Hall–Kier alpha value is -2.71. The molecule has 1 aromatic heterocycles. The molecule has 1 unspecified atom stereocenters. The lowest BCUT2D eigenvalue weighted by molar-refractivity contribution is -0.0240. The summed E-state index contributed by atoms with van der Waals surface area (Å²) >= 11 is 0. The van der Waals surface area contributed by atoms with Gasteiger partial charge in [-0.05, 0) is 36.7 Å². The molecule has 1 atom stereocenters. The molecule has 5 nitrogen and oxygen atoms in total. The van der Waals surface area contributed by atoms with E-state index in [4.69, 9.17) is 0 Å². The van der Waals surface area contributed by atoms with Gasteiger partial charge in [0.2, 0.25) is 0 Å². The lowest BCUT2D eigenvalue weighted by Gasteiger charge is -2.35. The fourth-order valence-corrected chi connectivity index (χ4v) is 3.48. The van der Waals surface area contributed by atoms with E-state index >= 15 is 0 Å². The first kappa shape index (κ1) is 22.0. The first-order chi connectivity index (χ1) is 14.4. The van der Waals surface area contributed by atoms with Crippen molar-refractivity contribution in [3.63, 3.8) is 0 Å². The Morgan fingerprint density at radius 1 is 1.07 bits per heavy atom. The molecule has 3 rings (SSSR count). The molecule has 2 aromatic carbocycles. The number of nitrogens with zero attached hydrogens (tertiary/aromatic N) is 4. The molecule has 0 amide bonds. The van der Waals surface area contributed by atoms with E-state index in [0.717, 1.165) is 30.5 Å². The minimum Gasteiger partial charge on any atom is -0.382 e. The quantitative estimate of drug-likeness (QED) is 0.543. The summed E-state index contributed by atoms with van der Waals surface area (Å²) in [6.07, 6.45) is 4.57. The van der Waals surface area contributed by atoms with Gasteiger partial charge in [-0.2, -0.15) is 5.10 Å². The SMILES string of the molecule is CCCCN(Cc1ccc(F)cc1)CC(O)(Cn1cncn1)c1ccc(F)cc1F. The largest absolute Gasteiger partial charge is 0.382 e. The highest BCUT2D eigenvalue weighted by Gasteiger charge is 2.35. The van der Waals surface area contributed by atoms with Crippen LogP contribution in [0.3, 0.4) is 0 Å². The molecule has 1 N–H and O–H groups in total. The molecule has 0 saturated carbocycles. The van der Waals surface area contributed by atoms with Crippen LogP contribution in [-0.4, -0.2) is 37.9 Å². The molecule has 1 heterocycles. The van der Waals surface area contributed by atoms with Crippen LogP contribution in [0.1, 0.15) is 30.9 Å². The van der Waals surface area contributed by atoms with E-state index in [1.165, 1.54) is 35.5 Å². The van der Waals surface area contributed by atoms with Crippen LogP contribution >= 0.6 is 0 Å². The second-order valence-corrected chi connectivity index (χ2v) is 7.44. The number of hydrogen-bond donors (Lipinski definition) is 1. The van der Waals surface area contributed by atoms with Gasteiger partial charge < -0.3 is 5.11 Å². The third-order valence-electron chi connectivity index (χ3n) is 4.96. The van der Waals surface area contributed by atoms with Gasteiger partial charge in [0, 0.05) is 24.7 Å². The van der Waals surface area contributed by atoms with Crippen LogP contribution in [0, 0.1) is 17.5 Å². The topological polar surface area (TPSA) is 54.2 Å². The number of aromatic nitrogens is 3. The van der Waals surface area contributed by atoms with Crippen LogP contribution in [0.25, 0.3) is 0 Å². The molecule has 3 aromatic rings. The Labute approximate surface area is 173 Å². The van der Waals surface area contributed by atoms with Gasteiger partial charge in [0.15, 0.2) is 0 Å². The molecule has 0 spiro atoms. The van der Waals surface area contributed by atoms with Crippen molar-refractivity contribution in [2.75, 3.05) is 13.1 Å². The lowest BCUT2D eigenvalue weighted by Crippen LogP contribution is -2.44. The second kappa shape index (κ2) is 9.86. The zero-order valence-electron chi connectivity index (χ0n) is 16.8. The molecule has 0 radical (unpaired) electrons. The van der Waals surface area contributed by atoms with Crippen molar-refractivity contribution >= 4 is 0 Å². The van der Waals surface area contributed by atoms with Crippen LogP contribution in [0.5, 0.6) is 0 Å². The van der Waals surface area contributed by atoms with Gasteiger partial charge in [-0.25, -0.2) is 22.8 Å². The molecule has 0 aliphatic carbocycles. The summed E-state index contributed by atoms with van der Waals surface area (Å²) in [4.78, 5) is 5.86. The average Bonchev–Trinajstić information content (AvgIpc) is 3.20. The van der Waals surface area contributed by atoms with E-state index in [0.29, 0.717) is 13.1 Å². The molecule has 0 aliphatic heterocycles. The van der Waals surface area contributed by atoms with Crippen molar-refractivity contribution in [2.24, 2.45) is 0 Å². The molecule has 30 heavy (non-hydrogen) atoms. The zero-order valence-corrected chi connectivity index (χ0v) is 16.8. The van der Waals surface area contributed by atoms with Crippen molar-refractivity contribution in [3.8, 4) is 0 Å². The fraction of sp³-hybridized carbons (Fsp3) is 0.364. The van der Waals surface area contributed by atoms with Gasteiger partial charge in [0.25, 0.3) is 0 Å². The number of hydrogen-bond acceptors (Lipinski definition) is 4. The maximum Gasteiger partial charge on any atom is 0.137 e. The highest BCUT2D eigenvalue weighted by Crippen LogP contribution is 2.28. The Balaban J connectivity index is 1.91. The second-order valence-electron chi connectivity index (χ2n) is 7.44. The predicted molar refractivity (Wildman–Crippen MR) is 107 cm³/mol. The van der Waals surface area contributed by atoms with E-state index in [2.05, 4.69) is 17.0 Å². The number of aliphatic hydroxyl groups is 1. The monoisotopic (exact) mass is 418 g/mol. The molecular weight excluding hydrogens is 393 g/mol. The predicted octanol–water partition coefficient (Wildman–Crippen LogP) is 3.89. The summed E-state index contributed by atoms with van der Waals surface area (Å²) in [6, 6.07) is 9.28. The summed E-state index contributed by atoms with van der Waals surface area (Å²) < 4.78 is 42.8. The van der Waals surface area contributed by atoms with E-state index in [1.54, 1.807) is 12.1 Å². The summed E-state index contributed by atoms with van der Waals surface area (Å²) in [5.41, 5.74) is -0.825. The average molecular weight is 418 g/mol. The fourth-order valence-electron chi connectivity index (χ4n) is 3.48. The van der Waals surface area contributed by atoms with Crippen molar-refractivity contribution in [1.82, 2.24) is 19.7 Å². The smallest absolute Gasteiger partial charge is 0.137 e. The molecule has 0 aliphatic rings. The van der Waals surface area contributed by atoms with Crippen molar-refractivity contribution in [2.45, 2.75) is 38.5 Å². The highest BCUT2D eigenvalue weighted by atomic mass is 19.1. The maximum atomic E-state index is 14.6. The Morgan fingerprint density at radius 3 is 2.43 bits per heavy atom. The standard InChI is InChI=1S/C22H25F3N4O/c1-2-3-10-28(12-17-4-6-18(23)7-5-17)13-22(30,14-29-16-26-15-27-29)20-9-8-19(24)11-21(20)25/h4-9,11,15-16,30H,2-3,10,12-14H2,1H3. The van der Waals surface area contributed by atoms with Crippen LogP contribution in [-0.2, 0) is 18.7 Å². The summed E-state index contributed by atoms with van der Waals surface area (Å²) in [5, 5.41) is 15.6. The van der Waals surface area contributed by atoms with Gasteiger partial charge >= 0.3 is 0 Å². The van der Waals surface area contributed by atoms with E-state index in [-0.39, 0.29) is 24.5 Å². The summed E-state index contributed by atoms with van der Waals surface area (Å²) in [5.74, 6) is -1.86. The Bertz CT molecular complexity index is 934. The van der Waals surface area contributed by atoms with Gasteiger partial charge in [-0.15, -0.1) is 0 Å². The van der Waals surface area contributed by atoms with Crippen molar-refractivity contribution in [1.29, 1.82) is 0 Å². The molecule has 0 bridgehead atoms. The number of unbranched alkanes of at least 4 members (excludes halogenated alkanes) is 1. The van der Waals surface area contributed by atoms with Gasteiger partial charge in [-0.1, -0.05) is 31.5 Å². The molecule has 160 valence electrons. The molecule has 8 heteroatoms. The normalized spacial score (nSPS) is 13.5. The van der Waals surface area contributed by atoms with Crippen LogP contribution in [0.4, 0.5) is 13.2 Å². The van der Waals surface area contributed by atoms with Crippen molar-refractivity contribution < 1.29 is 18.3 Å². The first-order valence-corrected chi connectivity index (χ1v) is 9.87. The van der Waals surface area contributed by atoms with Crippen LogP contribution in [0.2, 0.25) is 0 Å². The van der Waals surface area contributed by atoms with Gasteiger partial charge in [-0.3, -0.25) is 4.90 Å². The van der Waals surface area contributed by atoms with E-state index in [1.807, 2.05) is 4.90 Å². The van der Waals surface area contributed by atoms with Crippen LogP contribution in [0.15, 0.2) is 55.1 Å². The molecule has 0 saturated heterocycles. The zero-order chi connectivity index (χ0) is 21.6. The van der Waals surface area contributed by atoms with Gasteiger partial charge in [0.1, 0.15) is 35.7 Å². The Kier molecular flexibility index (Phi) is 7.23. The minimum atomic E-state index is -1.68. The first-order valence-electron chi connectivity index (χ1n) is 9.87. The highest BCUT2D eigenvalue weighted by molar-refractivity contribution is 5.26. The maximum absolute atomic E-state index is 14.6. The number of halogens is 3. The van der Waals surface area contributed by atoms with Gasteiger partial charge in [0.05, 0.1) is 6.54 Å². The van der Waals surface area contributed by atoms with Crippen molar-refractivity contribution in [3.05, 3.63) is 83.7 Å². The van der Waals surface area contributed by atoms with E-state index < -0.39 is 17.2 Å². The summed E-state index contributed by atoms with van der Waals surface area (Å²) in [6.45, 7) is 3.17. The number of rotatable bonds is 10. The third kappa shape index (κ3) is 5.67. The molecule has 0 fully saturated rings. The van der Waals surface area contributed by atoms with Crippen LogP contribution < -0.4 is 0 Å². The molecular formula is C22H25F3N4O.